The van der Waals surface area contributed by atoms with E-state index >= 15 is 0 Å². The highest BCUT2D eigenvalue weighted by Crippen LogP contribution is 2.25. The van der Waals surface area contributed by atoms with Crippen LogP contribution in [0, 0.1) is 0 Å². The first-order chi connectivity index (χ1) is 9.96. The van der Waals surface area contributed by atoms with Gasteiger partial charge in [0.1, 0.15) is 16.4 Å². The number of methoxy groups -OCH3 is 1. The first kappa shape index (κ1) is 15.3. The van der Waals surface area contributed by atoms with Crippen molar-refractivity contribution >= 4 is 15.7 Å². The Morgan fingerprint density at radius 3 is 2.81 bits per heavy atom. The van der Waals surface area contributed by atoms with Crippen LogP contribution >= 0.6 is 0 Å². The minimum atomic E-state index is -3.75. The summed E-state index contributed by atoms with van der Waals surface area (Å²) in [7, 11) is -2.36. The van der Waals surface area contributed by atoms with E-state index in [0.29, 0.717) is 23.8 Å². The van der Waals surface area contributed by atoms with Crippen molar-refractivity contribution in [3.05, 3.63) is 36.0 Å². The Morgan fingerprint density at radius 1 is 1.43 bits per heavy atom. The van der Waals surface area contributed by atoms with Crippen molar-refractivity contribution in [3.63, 3.8) is 0 Å². The quantitative estimate of drug-likeness (QED) is 0.779. The number of rotatable bonds is 6. The molecule has 2 aromatic rings. The van der Waals surface area contributed by atoms with Crippen LogP contribution in [0.5, 0.6) is 5.75 Å². The summed E-state index contributed by atoms with van der Waals surface area (Å²) in [6, 6.07) is 4.34. The lowest BCUT2D eigenvalue weighted by Gasteiger charge is -2.10. The summed E-state index contributed by atoms with van der Waals surface area (Å²) < 4.78 is 37.4. The molecule has 0 fully saturated rings. The smallest absolute Gasteiger partial charge is 0.244 e. The number of aromatic nitrogens is 1. The second-order valence-corrected chi connectivity index (χ2v) is 6.04. The van der Waals surface area contributed by atoms with Gasteiger partial charge >= 0.3 is 0 Å². The highest BCUT2D eigenvalue weighted by atomic mass is 32.2. The molecule has 0 spiro atoms. The van der Waals surface area contributed by atoms with Crippen molar-refractivity contribution in [1.29, 1.82) is 0 Å². The van der Waals surface area contributed by atoms with Gasteiger partial charge in [0.2, 0.25) is 15.9 Å². The third kappa shape index (κ3) is 3.53. The zero-order valence-corrected chi connectivity index (χ0v) is 12.6. The van der Waals surface area contributed by atoms with E-state index in [-0.39, 0.29) is 17.2 Å². The molecule has 0 aliphatic heterocycles. The molecule has 114 valence electrons. The maximum atomic E-state index is 12.3. The van der Waals surface area contributed by atoms with Crippen LogP contribution < -0.4 is 15.2 Å². The van der Waals surface area contributed by atoms with Gasteiger partial charge in [0.05, 0.1) is 19.9 Å². The Labute approximate surface area is 123 Å². The zero-order chi connectivity index (χ0) is 15.5. The van der Waals surface area contributed by atoms with Gasteiger partial charge in [0.25, 0.3) is 0 Å². The molecule has 0 amide bonds. The molecule has 1 aromatic carbocycles. The second kappa shape index (κ2) is 6.15. The number of nitrogen functional groups attached to an aromatic ring is 1. The van der Waals surface area contributed by atoms with Crippen LogP contribution in [0.3, 0.4) is 0 Å². The van der Waals surface area contributed by atoms with Gasteiger partial charge in [-0.05, 0) is 12.1 Å². The van der Waals surface area contributed by atoms with E-state index in [2.05, 4.69) is 9.71 Å². The number of hydrogen-bond acceptors (Lipinski definition) is 6. The molecule has 8 heteroatoms. The summed E-state index contributed by atoms with van der Waals surface area (Å²) >= 11 is 0. The molecule has 1 heterocycles. The molecule has 3 N–H and O–H groups in total. The van der Waals surface area contributed by atoms with Gasteiger partial charge in [0, 0.05) is 18.2 Å². The fourth-order valence-electron chi connectivity index (χ4n) is 1.73. The number of benzene rings is 1. The van der Waals surface area contributed by atoms with Gasteiger partial charge in [-0.3, -0.25) is 0 Å². The fourth-order valence-corrected chi connectivity index (χ4v) is 2.86. The van der Waals surface area contributed by atoms with Crippen LogP contribution in [0.1, 0.15) is 18.6 Å². The van der Waals surface area contributed by atoms with Crippen LogP contribution in [-0.2, 0) is 23.0 Å². The van der Waals surface area contributed by atoms with Crippen LogP contribution in [0.15, 0.2) is 33.7 Å². The number of nitrogens with zero attached hydrogens (tertiary/aromatic N) is 1. The van der Waals surface area contributed by atoms with E-state index in [9.17, 15) is 8.42 Å². The average molecular weight is 311 g/mol. The molecule has 0 aliphatic carbocycles. The highest BCUT2D eigenvalue weighted by Gasteiger charge is 2.20. The van der Waals surface area contributed by atoms with Crippen LogP contribution in [0.25, 0.3) is 0 Å². The molecule has 1 aromatic heterocycles. The molecule has 2 rings (SSSR count). The maximum absolute atomic E-state index is 12.3. The van der Waals surface area contributed by atoms with E-state index in [4.69, 9.17) is 14.9 Å². The molecule has 0 atom stereocenters. The number of nitrogens with two attached hydrogens (primary N) is 1. The maximum Gasteiger partial charge on any atom is 0.244 e. The normalized spacial score (nSPS) is 11.5. The molecule has 0 unspecified atom stereocenters. The van der Waals surface area contributed by atoms with E-state index in [1.165, 1.54) is 25.3 Å². The largest absolute Gasteiger partial charge is 0.495 e. The molecule has 0 saturated carbocycles. The highest BCUT2D eigenvalue weighted by molar-refractivity contribution is 7.89. The zero-order valence-electron chi connectivity index (χ0n) is 11.8. The standard InChI is InChI=1S/C13H17N3O4S/c1-3-10-7-15-13(20-10)8-16-21(17,18)12-5-4-9(14)6-11(12)19-2/h4-7,16H,3,8,14H2,1-2H3. The van der Waals surface area contributed by atoms with Crippen LogP contribution in [0.4, 0.5) is 5.69 Å². The molecule has 0 saturated heterocycles. The fraction of sp³-hybridized carbons (Fsp3) is 0.308. The summed E-state index contributed by atoms with van der Waals surface area (Å²) in [6.45, 7) is 1.89. The molecule has 0 radical (unpaired) electrons. The molecular formula is C13H17N3O4S. The average Bonchev–Trinajstić information content (AvgIpc) is 2.93. The van der Waals surface area contributed by atoms with Gasteiger partial charge in [-0.2, -0.15) is 0 Å². The van der Waals surface area contributed by atoms with Crippen molar-refractivity contribution in [3.8, 4) is 5.75 Å². The third-order valence-corrected chi connectivity index (χ3v) is 4.28. The second-order valence-electron chi connectivity index (χ2n) is 4.31. The lowest BCUT2D eigenvalue weighted by Crippen LogP contribution is -2.24. The molecular weight excluding hydrogens is 294 g/mol. The minimum absolute atomic E-state index is 0.0153. The lowest BCUT2D eigenvalue weighted by molar-refractivity contribution is 0.402. The molecule has 0 bridgehead atoms. The lowest BCUT2D eigenvalue weighted by atomic mass is 10.3. The summed E-state index contributed by atoms with van der Waals surface area (Å²) in [5.41, 5.74) is 6.03. The van der Waals surface area contributed by atoms with E-state index in [1.807, 2.05) is 6.92 Å². The van der Waals surface area contributed by atoms with Gasteiger partial charge in [0.15, 0.2) is 0 Å². The first-order valence-electron chi connectivity index (χ1n) is 6.33. The summed E-state index contributed by atoms with van der Waals surface area (Å²) in [4.78, 5) is 4.01. The number of sulfonamides is 1. The molecule has 21 heavy (non-hydrogen) atoms. The summed E-state index contributed by atoms with van der Waals surface area (Å²) in [5, 5.41) is 0. The topological polar surface area (TPSA) is 107 Å². The Bertz CT molecular complexity index is 725. The van der Waals surface area contributed by atoms with E-state index in [1.54, 1.807) is 6.20 Å². The summed E-state index contributed by atoms with van der Waals surface area (Å²) in [5.74, 6) is 1.20. The van der Waals surface area contributed by atoms with Gasteiger partial charge in [-0.1, -0.05) is 6.92 Å². The van der Waals surface area contributed by atoms with E-state index in [0.717, 1.165) is 0 Å². The molecule has 0 aliphatic rings. The molecule has 7 nitrogen and oxygen atoms in total. The number of ether oxygens (including phenoxy) is 1. The number of aryl methyl sites for hydroxylation is 1. The van der Waals surface area contributed by atoms with Crippen molar-refractivity contribution in [2.75, 3.05) is 12.8 Å². The van der Waals surface area contributed by atoms with E-state index < -0.39 is 10.0 Å². The summed E-state index contributed by atoms with van der Waals surface area (Å²) in [6.07, 6.45) is 2.28. The third-order valence-electron chi connectivity index (χ3n) is 2.84. The Hall–Kier alpha value is -2.06. The van der Waals surface area contributed by atoms with Gasteiger partial charge in [-0.15, -0.1) is 0 Å². The van der Waals surface area contributed by atoms with Crippen molar-refractivity contribution < 1.29 is 17.6 Å². The van der Waals surface area contributed by atoms with Crippen molar-refractivity contribution in [2.45, 2.75) is 24.8 Å². The minimum Gasteiger partial charge on any atom is -0.495 e. The van der Waals surface area contributed by atoms with Crippen molar-refractivity contribution in [1.82, 2.24) is 9.71 Å². The number of hydrogen-bond donors (Lipinski definition) is 2. The van der Waals surface area contributed by atoms with Crippen LogP contribution in [-0.4, -0.2) is 20.5 Å². The monoisotopic (exact) mass is 311 g/mol. The SMILES string of the molecule is CCc1cnc(CNS(=O)(=O)c2ccc(N)cc2OC)o1. The predicted octanol–water partition coefficient (Wildman–Crippen LogP) is 1.31. The predicted molar refractivity (Wildman–Crippen MR) is 77.3 cm³/mol. The number of anilines is 1. The number of oxazole rings is 1. The Morgan fingerprint density at radius 2 is 2.19 bits per heavy atom. The Balaban J connectivity index is 2.18. The van der Waals surface area contributed by atoms with Crippen molar-refractivity contribution in [2.24, 2.45) is 0 Å². The first-order valence-corrected chi connectivity index (χ1v) is 7.81. The van der Waals surface area contributed by atoms with Gasteiger partial charge in [-0.25, -0.2) is 18.1 Å². The Kier molecular flexibility index (Phi) is 4.49. The number of nitrogens with one attached hydrogen (secondary N) is 1. The van der Waals surface area contributed by atoms with Gasteiger partial charge < -0.3 is 14.9 Å². The van der Waals surface area contributed by atoms with Crippen LogP contribution in [0.2, 0.25) is 0 Å².